The molecule has 0 aliphatic heterocycles. The van der Waals surface area contributed by atoms with Crippen molar-refractivity contribution >= 4 is 44.2 Å². The molecule has 1 amide bonds. The van der Waals surface area contributed by atoms with Crippen molar-refractivity contribution in [3.63, 3.8) is 0 Å². The monoisotopic (exact) mass is 403 g/mol. The lowest BCUT2D eigenvalue weighted by Gasteiger charge is -2.21. The van der Waals surface area contributed by atoms with Crippen molar-refractivity contribution in [2.75, 3.05) is 39.2 Å². The SMILES string of the molecule is COc1cccc(C(=O)N(CCCN(C)C)c2nc3ccc(Cl)cc3s2)c1. The summed E-state index contributed by atoms with van der Waals surface area (Å²) in [6.07, 6.45) is 0.847. The number of aromatic nitrogens is 1. The first-order valence-corrected chi connectivity index (χ1v) is 9.84. The number of nitrogens with zero attached hydrogens (tertiary/aromatic N) is 3. The number of methoxy groups -OCH3 is 1. The second-order valence-corrected chi connectivity index (χ2v) is 7.90. The number of fused-ring (bicyclic) bond motifs is 1. The van der Waals surface area contributed by atoms with Crippen LogP contribution in [0.3, 0.4) is 0 Å². The predicted molar refractivity (Wildman–Crippen MR) is 112 cm³/mol. The van der Waals surface area contributed by atoms with E-state index >= 15 is 0 Å². The maximum Gasteiger partial charge on any atom is 0.260 e. The molecule has 0 radical (unpaired) electrons. The molecule has 0 saturated carbocycles. The van der Waals surface area contributed by atoms with Gasteiger partial charge in [0, 0.05) is 17.1 Å². The van der Waals surface area contributed by atoms with Crippen LogP contribution in [-0.4, -0.2) is 50.1 Å². The Morgan fingerprint density at radius 2 is 2.00 bits per heavy atom. The number of rotatable bonds is 7. The summed E-state index contributed by atoms with van der Waals surface area (Å²) < 4.78 is 6.23. The van der Waals surface area contributed by atoms with Crippen molar-refractivity contribution in [2.45, 2.75) is 6.42 Å². The molecular formula is C20H22ClN3O2S. The van der Waals surface area contributed by atoms with Crippen LogP contribution in [0.4, 0.5) is 5.13 Å². The summed E-state index contributed by atoms with van der Waals surface area (Å²) in [5, 5.41) is 1.34. The summed E-state index contributed by atoms with van der Waals surface area (Å²) >= 11 is 7.57. The van der Waals surface area contributed by atoms with Gasteiger partial charge in [0.2, 0.25) is 0 Å². The number of carbonyl (C=O) groups excluding carboxylic acids is 1. The highest BCUT2D eigenvalue weighted by atomic mass is 35.5. The smallest absolute Gasteiger partial charge is 0.260 e. The molecule has 1 heterocycles. The van der Waals surface area contributed by atoms with E-state index in [0.29, 0.717) is 28.0 Å². The van der Waals surface area contributed by atoms with E-state index < -0.39 is 0 Å². The third-order valence-corrected chi connectivity index (χ3v) is 5.40. The van der Waals surface area contributed by atoms with E-state index in [2.05, 4.69) is 9.88 Å². The molecule has 0 saturated heterocycles. The van der Waals surface area contributed by atoms with Crippen molar-refractivity contribution in [1.29, 1.82) is 0 Å². The Labute approximate surface area is 168 Å². The Morgan fingerprint density at radius 1 is 1.19 bits per heavy atom. The molecule has 3 aromatic rings. The van der Waals surface area contributed by atoms with E-state index in [1.807, 2.05) is 44.4 Å². The molecule has 5 nitrogen and oxygen atoms in total. The fraction of sp³-hybridized carbons (Fsp3) is 0.300. The van der Waals surface area contributed by atoms with Gasteiger partial charge < -0.3 is 9.64 Å². The number of carbonyl (C=O) groups is 1. The number of hydrogen-bond acceptors (Lipinski definition) is 5. The molecule has 0 fully saturated rings. The van der Waals surface area contributed by atoms with Crippen LogP contribution in [0.1, 0.15) is 16.8 Å². The predicted octanol–water partition coefficient (Wildman–Crippen LogP) is 4.56. The molecule has 2 aromatic carbocycles. The first-order valence-electron chi connectivity index (χ1n) is 8.64. The lowest BCUT2D eigenvalue weighted by atomic mass is 10.2. The second kappa shape index (κ2) is 8.69. The third-order valence-electron chi connectivity index (χ3n) is 4.12. The van der Waals surface area contributed by atoms with Crippen LogP contribution in [-0.2, 0) is 0 Å². The molecule has 142 valence electrons. The molecule has 0 atom stereocenters. The molecule has 0 unspecified atom stereocenters. The van der Waals surface area contributed by atoms with Crippen LogP contribution in [0.25, 0.3) is 10.2 Å². The average Bonchev–Trinajstić information content (AvgIpc) is 3.07. The van der Waals surface area contributed by atoms with Crippen LogP contribution in [0.5, 0.6) is 5.75 Å². The zero-order chi connectivity index (χ0) is 19.4. The Hall–Kier alpha value is -2.15. The van der Waals surface area contributed by atoms with Crippen LogP contribution in [0, 0.1) is 0 Å². The summed E-state index contributed by atoms with van der Waals surface area (Å²) in [5.41, 5.74) is 1.42. The molecule has 3 rings (SSSR count). The van der Waals surface area contributed by atoms with E-state index in [0.717, 1.165) is 23.2 Å². The Balaban J connectivity index is 1.94. The molecule has 1 aromatic heterocycles. The lowest BCUT2D eigenvalue weighted by Crippen LogP contribution is -2.33. The molecule has 0 N–H and O–H groups in total. The van der Waals surface area contributed by atoms with Gasteiger partial charge in [-0.15, -0.1) is 0 Å². The zero-order valence-corrected chi connectivity index (χ0v) is 17.2. The molecular weight excluding hydrogens is 382 g/mol. The number of amides is 1. The summed E-state index contributed by atoms with van der Waals surface area (Å²) in [5.74, 6) is 0.572. The summed E-state index contributed by atoms with van der Waals surface area (Å²) in [6, 6.07) is 12.8. The largest absolute Gasteiger partial charge is 0.497 e. The van der Waals surface area contributed by atoms with E-state index in [9.17, 15) is 4.79 Å². The van der Waals surface area contributed by atoms with Gasteiger partial charge >= 0.3 is 0 Å². The second-order valence-electron chi connectivity index (χ2n) is 6.45. The molecule has 27 heavy (non-hydrogen) atoms. The summed E-state index contributed by atoms with van der Waals surface area (Å²) in [6.45, 7) is 1.47. The van der Waals surface area contributed by atoms with E-state index in [1.165, 1.54) is 11.3 Å². The Kier molecular flexibility index (Phi) is 6.31. The van der Waals surface area contributed by atoms with Crippen LogP contribution in [0.2, 0.25) is 5.02 Å². The highest BCUT2D eigenvalue weighted by Gasteiger charge is 2.21. The molecule has 0 bridgehead atoms. The Bertz CT molecular complexity index is 942. The molecule has 0 aliphatic carbocycles. The molecule has 7 heteroatoms. The summed E-state index contributed by atoms with van der Waals surface area (Å²) in [7, 11) is 5.64. The van der Waals surface area contributed by atoms with Crippen molar-refractivity contribution in [1.82, 2.24) is 9.88 Å². The minimum Gasteiger partial charge on any atom is -0.497 e. The standard InChI is InChI=1S/C20H22ClN3O2S/c1-23(2)10-5-11-24(19(25)14-6-4-7-16(12-14)26-3)20-22-17-9-8-15(21)13-18(17)27-20/h4,6-9,12-13H,5,10-11H2,1-3H3. The number of hydrogen-bond donors (Lipinski definition) is 0. The van der Waals surface area contributed by atoms with Gasteiger partial charge in [0.25, 0.3) is 5.91 Å². The maximum atomic E-state index is 13.2. The van der Waals surface area contributed by atoms with Crippen molar-refractivity contribution < 1.29 is 9.53 Å². The van der Waals surface area contributed by atoms with Crippen LogP contribution < -0.4 is 9.64 Å². The summed E-state index contributed by atoms with van der Waals surface area (Å²) in [4.78, 5) is 21.7. The van der Waals surface area contributed by atoms with E-state index in [-0.39, 0.29) is 5.91 Å². The maximum absolute atomic E-state index is 13.2. The topological polar surface area (TPSA) is 45.7 Å². The van der Waals surface area contributed by atoms with Crippen molar-refractivity contribution in [2.24, 2.45) is 0 Å². The van der Waals surface area contributed by atoms with Crippen LogP contribution in [0.15, 0.2) is 42.5 Å². The van der Waals surface area contributed by atoms with E-state index in [4.69, 9.17) is 16.3 Å². The fourth-order valence-corrected chi connectivity index (χ4v) is 4.01. The van der Waals surface area contributed by atoms with Gasteiger partial charge in [0.15, 0.2) is 5.13 Å². The van der Waals surface area contributed by atoms with Crippen LogP contribution >= 0.6 is 22.9 Å². The quantitative estimate of drug-likeness (QED) is 0.580. The van der Waals surface area contributed by atoms with E-state index in [1.54, 1.807) is 24.1 Å². The lowest BCUT2D eigenvalue weighted by molar-refractivity contribution is 0.0985. The molecule has 0 spiro atoms. The minimum absolute atomic E-state index is 0.0854. The van der Waals surface area contributed by atoms with Gasteiger partial charge in [0.05, 0.1) is 17.3 Å². The number of benzene rings is 2. The number of anilines is 1. The van der Waals surface area contributed by atoms with Gasteiger partial charge in [-0.05, 0) is 63.5 Å². The first kappa shape index (κ1) is 19.6. The first-order chi connectivity index (χ1) is 13.0. The minimum atomic E-state index is -0.0854. The Morgan fingerprint density at radius 3 is 2.74 bits per heavy atom. The highest BCUT2D eigenvalue weighted by molar-refractivity contribution is 7.22. The normalized spacial score (nSPS) is 11.1. The average molecular weight is 404 g/mol. The van der Waals surface area contributed by atoms with Gasteiger partial charge in [0.1, 0.15) is 5.75 Å². The zero-order valence-electron chi connectivity index (χ0n) is 15.6. The molecule has 0 aliphatic rings. The van der Waals surface area contributed by atoms with Gasteiger partial charge in [-0.25, -0.2) is 4.98 Å². The highest BCUT2D eigenvalue weighted by Crippen LogP contribution is 2.32. The number of ether oxygens (including phenoxy) is 1. The van der Waals surface area contributed by atoms with Crippen molar-refractivity contribution in [3.05, 3.63) is 53.1 Å². The number of thiazole rings is 1. The fourth-order valence-electron chi connectivity index (χ4n) is 2.74. The number of halogens is 1. The van der Waals surface area contributed by atoms with Gasteiger partial charge in [-0.1, -0.05) is 29.0 Å². The third kappa shape index (κ3) is 4.77. The van der Waals surface area contributed by atoms with Crippen molar-refractivity contribution in [3.8, 4) is 5.75 Å². The van der Waals surface area contributed by atoms with Gasteiger partial charge in [-0.3, -0.25) is 9.69 Å². The van der Waals surface area contributed by atoms with Gasteiger partial charge in [-0.2, -0.15) is 0 Å².